The molecule has 1 amide bonds. The minimum Gasteiger partial charge on any atom is -0.388 e. The van der Waals surface area contributed by atoms with Crippen molar-refractivity contribution in [3.63, 3.8) is 0 Å². The molecule has 0 aliphatic rings. The first-order valence-corrected chi connectivity index (χ1v) is 6.80. The number of nitrogens with one attached hydrogen (secondary N) is 2. The summed E-state index contributed by atoms with van der Waals surface area (Å²) in [5.41, 5.74) is 4.11. The van der Waals surface area contributed by atoms with Gasteiger partial charge in [0.25, 0.3) is 5.91 Å². The quantitative estimate of drug-likeness (QED) is 0.875. The average molecular weight is 268 g/mol. The molecule has 104 valence electrons. The minimum absolute atomic E-state index is 0.0326. The van der Waals surface area contributed by atoms with E-state index in [1.54, 1.807) is 0 Å². The standard InChI is InChI=1S/C17H20N2O/c1-13-5-3-6-14(11-13)9-10-19-17(20)15-7-4-8-16(12-15)18-2/h3-8,11-12,18H,9-10H2,1-2H3,(H,19,20). The largest absolute Gasteiger partial charge is 0.388 e. The third kappa shape index (κ3) is 3.85. The molecule has 0 aliphatic carbocycles. The summed E-state index contributed by atoms with van der Waals surface area (Å²) in [6.45, 7) is 2.72. The summed E-state index contributed by atoms with van der Waals surface area (Å²) in [6, 6.07) is 15.8. The van der Waals surface area contributed by atoms with Crippen LogP contribution in [0.2, 0.25) is 0 Å². The highest BCUT2D eigenvalue weighted by atomic mass is 16.1. The fourth-order valence-corrected chi connectivity index (χ4v) is 2.11. The van der Waals surface area contributed by atoms with Gasteiger partial charge in [-0.1, -0.05) is 35.9 Å². The Hall–Kier alpha value is -2.29. The van der Waals surface area contributed by atoms with Crippen LogP contribution in [0.4, 0.5) is 5.69 Å². The van der Waals surface area contributed by atoms with Crippen molar-refractivity contribution in [2.24, 2.45) is 0 Å². The Kier molecular flexibility index (Phi) is 4.77. The van der Waals surface area contributed by atoms with Crippen LogP contribution in [0.25, 0.3) is 0 Å². The van der Waals surface area contributed by atoms with Crippen molar-refractivity contribution in [3.05, 3.63) is 65.2 Å². The summed E-state index contributed by atoms with van der Waals surface area (Å²) in [4.78, 5) is 12.0. The lowest BCUT2D eigenvalue weighted by molar-refractivity contribution is 0.0954. The van der Waals surface area contributed by atoms with Gasteiger partial charge in [0.2, 0.25) is 0 Å². The first-order chi connectivity index (χ1) is 9.69. The van der Waals surface area contributed by atoms with Crippen molar-refractivity contribution in [1.29, 1.82) is 0 Å². The van der Waals surface area contributed by atoms with Crippen LogP contribution in [0.15, 0.2) is 48.5 Å². The van der Waals surface area contributed by atoms with Crippen molar-refractivity contribution in [2.45, 2.75) is 13.3 Å². The molecule has 0 unspecified atom stereocenters. The predicted octanol–water partition coefficient (Wildman–Crippen LogP) is 3.01. The van der Waals surface area contributed by atoms with Crippen molar-refractivity contribution < 1.29 is 4.79 Å². The highest BCUT2D eigenvalue weighted by Crippen LogP contribution is 2.09. The molecule has 0 fully saturated rings. The summed E-state index contributed by atoms with van der Waals surface area (Å²) in [5.74, 6) is -0.0326. The number of aryl methyl sites for hydroxylation is 1. The van der Waals surface area contributed by atoms with Gasteiger partial charge < -0.3 is 10.6 Å². The van der Waals surface area contributed by atoms with E-state index in [1.807, 2.05) is 37.4 Å². The van der Waals surface area contributed by atoms with Crippen LogP contribution in [-0.2, 0) is 6.42 Å². The Balaban J connectivity index is 1.89. The van der Waals surface area contributed by atoms with Crippen molar-refractivity contribution in [3.8, 4) is 0 Å². The first kappa shape index (κ1) is 14.1. The Morgan fingerprint density at radius 2 is 1.90 bits per heavy atom. The lowest BCUT2D eigenvalue weighted by Gasteiger charge is -2.07. The maximum absolute atomic E-state index is 12.0. The molecule has 2 aromatic rings. The Labute approximate surface area is 120 Å². The zero-order valence-electron chi connectivity index (χ0n) is 11.9. The summed E-state index contributed by atoms with van der Waals surface area (Å²) in [7, 11) is 1.84. The molecular weight excluding hydrogens is 248 g/mol. The van der Waals surface area contributed by atoms with Crippen LogP contribution in [0, 0.1) is 6.92 Å². The van der Waals surface area contributed by atoms with Gasteiger partial charge in [0.05, 0.1) is 0 Å². The first-order valence-electron chi connectivity index (χ1n) is 6.80. The molecule has 0 radical (unpaired) electrons. The lowest BCUT2D eigenvalue weighted by Crippen LogP contribution is -2.25. The van der Waals surface area contributed by atoms with Crippen LogP contribution < -0.4 is 10.6 Å². The van der Waals surface area contributed by atoms with Crippen LogP contribution in [0.5, 0.6) is 0 Å². The van der Waals surface area contributed by atoms with E-state index < -0.39 is 0 Å². The van der Waals surface area contributed by atoms with Crippen molar-refractivity contribution >= 4 is 11.6 Å². The van der Waals surface area contributed by atoms with E-state index in [9.17, 15) is 4.79 Å². The van der Waals surface area contributed by atoms with E-state index >= 15 is 0 Å². The molecule has 0 bridgehead atoms. The SMILES string of the molecule is CNc1cccc(C(=O)NCCc2cccc(C)c2)c1. The second-order valence-electron chi connectivity index (χ2n) is 4.83. The summed E-state index contributed by atoms with van der Waals surface area (Å²) in [6.07, 6.45) is 0.846. The van der Waals surface area contributed by atoms with Crippen LogP contribution in [0.1, 0.15) is 21.5 Å². The maximum Gasteiger partial charge on any atom is 0.251 e. The molecule has 20 heavy (non-hydrogen) atoms. The number of anilines is 1. The van der Waals surface area contributed by atoms with E-state index in [2.05, 4.69) is 35.8 Å². The van der Waals surface area contributed by atoms with Crippen LogP contribution in [0.3, 0.4) is 0 Å². The van der Waals surface area contributed by atoms with E-state index in [0.29, 0.717) is 12.1 Å². The van der Waals surface area contributed by atoms with Gasteiger partial charge in [0.15, 0.2) is 0 Å². The van der Waals surface area contributed by atoms with Crippen molar-refractivity contribution in [2.75, 3.05) is 18.9 Å². The third-order valence-corrected chi connectivity index (χ3v) is 3.20. The molecule has 0 aliphatic heterocycles. The van der Waals surface area contributed by atoms with Crippen LogP contribution >= 0.6 is 0 Å². The normalized spacial score (nSPS) is 10.1. The smallest absolute Gasteiger partial charge is 0.251 e. The van der Waals surface area contributed by atoms with Crippen LogP contribution in [-0.4, -0.2) is 19.5 Å². The van der Waals surface area contributed by atoms with Gasteiger partial charge >= 0.3 is 0 Å². The number of carbonyl (C=O) groups excluding carboxylic acids is 1. The van der Waals surface area contributed by atoms with E-state index in [0.717, 1.165) is 12.1 Å². The molecule has 2 aromatic carbocycles. The fourth-order valence-electron chi connectivity index (χ4n) is 2.11. The van der Waals surface area contributed by atoms with Gasteiger partial charge in [0.1, 0.15) is 0 Å². The number of hydrogen-bond acceptors (Lipinski definition) is 2. The number of hydrogen-bond donors (Lipinski definition) is 2. The highest BCUT2D eigenvalue weighted by Gasteiger charge is 2.05. The summed E-state index contributed by atoms with van der Waals surface area (Å²) < 4.78 is 0. The zero-order chi connectivity index (χ0) is 14.4. The van der Waals surface area contributed by atoms with Gasteiger partial charge in [-0.15, -0.1) is 0 Å². The molecule has 0 atom stereocenters. The molecule has 2 rings (SSSR count). The monoisotopic (exact) mass is 268 g/mol. The maximum atomic E-state index is 12.0. The van der Waals surface area contributed by atoms with Gasteiger partial charge in [-0.05, 0) is 37.1 Å². The molecule has 0 spiro atoms. The van der Waals surface area contributed by atoms with E-state index in [-0.39, 0.29) is 5.91 Å². The second kappa shape index (κ2) is 6.75. The van der Waals surface area contributed by atoms with E-state index in [1.165, 1.54) is 11.1 Å². The minimum atomic E-state index is -0.0326. The van der Waals surface area contributed by atoms with E-state index in [4.69, 9.17) is 0 Å². The highest BCUT2D eigenvalue weighted by molar-refractivity contribution is 5.95. The molecule has 3 heteroatoms. The molecule has 3 nitrogen and oxygen atoms in total. The number of amides is 1. The molecule has 0 saturated heterocycles. The van der Waals surface area contributed by atoms with Gasteiger partial charge in [-0.3, -0.25) is 4.79 Å². The summed E-state index contributed by atoms with van der Waals surface area (Å²) >= 11 is 0. The molecule has 0 saturated carbocycles. The number of benzene rings is 2. The van der Waals surface area contributed by atoms with Gasteiger partial charge in [-0.2, -0.15) is 0 Å². The Morgan fingerprint density at radius 1 is 1.10 bits per heavy atom. The Bertz CT molecular complexity index is 593. The fraction of sp³-hybridized carbons (Fsp3) is 0.235. The second-order valence-corrected chi connectivity index (χ2v) is 4.83. The Morgan fingerprint density at radius 3 is 2.65 bits per heavy atom. The number of carbonyl (C=O) groups is 1. The zero-order valence-corrected chi connectivity index (χ0v) is 11.9. The van der Waals surface area contributed by atoms with Gasteiger partial charge in [0, 0.05) is 24.8 Å². The average Bonchev–Trinajstić information content (AvgIpc) is 2.47. The summed E-state index contributed by atoms with van der Waals surface area (Å²) in [5, 5.41) is 5.98. The molecule has 0 heterocycles. The molecule has 2 N–H and O–H groups in total. The predicted molar refractivity (Wildman–Crippen MR) is 83.2 cm³/mol. The lowest BCUT2D eigenvalue weighted by atomic mass is 10.1. The van der Waals surface area contributed by atoms with Crippen molar-refractivity contribution in [1.82, 2.24) is 5.32 Å². The van der Waals surface area contributed by atoms with Gasteiger partial charge in [-0.25, -0.2) is 0 Å². The topological polar surface area (TPSA) is 41.1 Å². The molecule has 0 aromatic heterocycles. The molecular formula is C17H20N2O. The number of rotatable bonds is 5. The third-order valence-electron chi connectivity index (χ3n) is 3.20.